The van der Waals surface area contributed by atoms with Crippen molar-refractivity contribution in [3.8, 4) is 0 Å². The summed E-state index contributed by atoms with van der Waals surface area (Å²) < 4.78 is 0. The second kappa shape index (κ2) is 6.11. The second-order valence-electron chi connectivity index (χ2n) is 4.37. The lowest BCUT2D eigenvalue weighted by atomic mass is 10.3. The van der Waals surface area contributed by atoms with Crippen LogP contribution >= 0.6 is 34.8 Å². The van der Waals surface area contributed by atoms with E-state index in [9.17, 15) is 4.79 Å². The lowest BCUT2D eigenvalue weighted by Crippen LogP contribution is -2.29. The van der Waals surface area contributed by atoms with Crippen LogP contribution in [-0.4, -0.2) is 19.0 Å². The molecule has 1 aromatic carbocycles. The molecule has 2 rings (SSSR count). The fourth-order valence-corrected chi connectivity index (χ4v) is 2.12. The molecule has 0 spiro atoms. The number of nitrogens with one attached hydrogen (secondary N) is 2. The summed E-state index contributed by atoms with van der Waals surface area (Å²) in [4.78, 5) is 11.7. The summed E-state index contributed by atoms with van der Waals surface area (Å²) in [6.07, 6.45) is 2.51. The number of anilines is 1. The Kier molecular flexibility index (Phi) is 4.73. The number of hydrogen-bond donors (Lipinski definition) is 2. The fourth-order valence-electron chi connectivity index (χ4n) is 1.52. The Morgan fingerprint density at radius 3 is 2.50 bits per heavy atom. The molecular weight excluding hydrogens is 295 g/mol. The number of carbonyl (C=O) groups excluding carboxylic acids is 1. The third-order valence-corrected chi connectivity index (χ3v) is 3.73. The van der Waals surface area contributed by atoms with E-state index in [2.05, 4.69) is 10.6 Å². The summed E-state index contributed by atoms with van der Waals surface area (Å²) in [6, 6.07) is 3.06. The van der Waals surface area contributed by atoms with Crippen LogP contribution in [0.3, 0.4) is 0 Å². The zero-order valence-electron chi connectivity index (χ0n) is 9.60. The number of hydrogen-bond acceptors (Lipinski definition) is 2. The van der Waals surface area contributed by atoms with Crippen molar-refractivity contribution in [2.75, 3.05) is 18.4 Å². The van der Waals surface area contributed by atoms with Gasteiger partial charge in [-0.2, -0.15) is 0 Å². The largest absolute Gasteiger partial charge is 0.324 e. The van der Waals surface area contributed by atoms with Gasteiger partial charge in [0.05, 0.1) is 27.3 Å². The lowest BCUT2D eigenvalue weighted by Gasteiger charge is -2.09. The Morgan fingerprint density at radius 1 is 1.17 bits per heavy atom. The number of amides is 1. The van der Waals surface area contributed by atoms with Crippen molar-refractivity contribution in [3.63, 3.8) is 0 Å². The Bertz CT molecular complexity index is 461. The van der Waals surface area contributed by atoms with Gasteiger partial charge in [-0.25, -0.2) is 0 Å². The van der Waals surface area contributed by atoms with Crippen LogP contribution in [0.2, 0.25) is 15.1 Å². The van der Waals surface area contributed by atoms with Crippen molar-refractivity contribution in [2.24, 2.45) is 5.92 Å². The molecule has 0 bridgehead atoms. The summed E-state index contributed by atoms with van der Waals surface area (Å²) in [7, 11) is 0. The molecule has 6 heteroatoms. The van der Waals surface area contributed by atoms with Gasteiger partial charge in [0.2, 0.25) is 5.91 Å². The molecule has 1 aliphatic carbocycles. The van der Waals surface area contributed by atoms with Gasteiger partial charge in [0.15, 0.2) is 0 Å². The number of rotatable bonds is 5. The van der Waals surface area contributed by atoms with Crippen molar-refractivity contribution >= 4 is 46.4 Å². The SMILES string of the molecule is O=C(CNCC1CC1)Nc1cc(Cl)c(Cl)cc1Cl. The molecule has 98 valence electrons. The van der Waals surface area contributed by atoms with Gasteiger partial charge < -0.3 is 10.6 Å². The van der Waals surface area contributed by atoms with Crippen LogP contribution in [-0.2, 0) is 4.79 Å². The van der Waals surface area contributed by atoms with Crippen molar-refractivity contribution in [1.82, 2.24) is 5.32 Å². The Labute approximate surface area is 121 Å². The van der Waals surface area contributed by atoms with Crippen LogP contribution in [0.25, 0.3) is 0 Å². The molecule has 0 radical (unpaired) electrons. The van der Waals surface area contributed by atoms with Gasteiger partial charge in [-0.3, -0.25) is 4.79 Å². The summed E-state index contributed by atoms with van der Waals surface area (Å²) in [5, 5.41) is 6.90. The van der Waals surface area contributed by atoms with E-state index in [4.69, 9.17) is 34.8 Å². The maximum Gasteiger partial charge on any atom is 0.238 e. The van der Waals surface area contributed by atoms with Crippen molar-refractivity contribution in [3.05, 3.63) is 27.2 Å². The van der Waals surface area contributed by atoms with Crippen LogP contribution in [0.4, 0.5) is 5.69 Å². The van der Waals surface area contributed by atoms with E-state index in [0.717, 1.165) is 12.5 Å². The maximum absolute atomic E-state index is 11.7. The first-order valence-corrected chi connectivity index (χ1v) is 6.85. The first-order chi connectivity index (χ1) is 8.56. The zero-order valence-corrected chi connectivity index (χ0v) is 11.9. The van der Waals surface area contributed by atoms with Gasteiger partial charge >= 0.3 is 0 Å². The van der Waals surface area contributed by atoms with Crippen molar-refractivity contribution in [2.45, 2.75) is 12.8 Å². The molecule has 1 aromatic rings. The third kappa shape index (κ3) is 4.02. The number of halogens is 3. The standard InChI is InChI=1S/C12H13Cl3N2O/c13-8-3-10(15)11(4-9(8)14)17-12(18)6-16-5-7-1-2-7/h3-4,7,16H,1-2,5-6H2,(H,17,18). The summed E-state index contributed by atoms with van der Waals surface area (Å²) >= 11 is 17.6. The molecule has 0 aliphatic heterocycles. The van der Waals surface area contributed by atoms with Crippen LogP contribution < -0.4 is 10.6 Å². The average molecular weight is 308 g/mol. The van der Waals surface area contributed by atoms with E-state index in [1.807, 2.05) is 0 Å². The third-order valence-electron chi connectivity index (χ3n) is 2.70. The minimum atomic E-state index is -0.143. The quantitative estimate of drug-likeness (QED) is 0.816. The zero-order chi connectivity index (χ0) is 13.1. The highest BCUT2D eigenvalue weighted by atomic mass is 35.5. The van der Waals surface area contributed by atoms with Crippen molar-refractivity contribution < 1.29 is 4.79 Å². The van der Waals surface area contributed by atoms with Crippen molar-refractivity contribution in [1.29, 1.82) is 0 Å². The molecule has 0 saturated heterocycles. The first-order valence-electron chi connectivity index (χ1n) is 5.71. The van der Waals surface area contributed by atoms with Gasteiger partial charge in [-0.05, 0) is 37.4 Å². The molecule has 1 aliphatic rings. The summed E-state index contributed by atoms with van der Waals surface area (Å²) in [6.45, 7) is 1.16. The predicted molar refractivity (Wildman–Crippen MR) is 75.7 cm³/mol. The molecule has 0 heterocycles. The van der Waals surface area contributed by atoms with E-state index in [1.165, 1.54) is 18.9 Å². The molecular formula is C12H13Cl3N2O. The molecule has 0 atom stereocenters. The number of carbonyl (C=O) groups is 1. The van der Waals surface area contributed by atoms with Crippen LogP contribution in [0.5, 0.6) is 0 Å². The molecule has 2 N–H and O–H groups in total. The minimum absolute atomic E-state index is 0.143. The van der Waals surface area contributed by atoms with Crippen LogP contribution in [0.15, 0.2) is 12.1 Å². The molecule has 0 unspecified atom stereocenters. The van der Waals surface area contributed by atoms with E-state index in [0.29, 0.717) is 20.8 Å². The average Bonchev–Trinajstić information content (AvgIpc) is 3.10. The normalized spacial score (nSPS) is 14.6. The molecule has 1 saturated carbocycles. The van der Waals surface area contributed by atoms with E-state index in [-0.39, 0.29) is 12.5 Å². The van der Waals surface area contributed by atoms with Crippen LogP contribution in [0, 0.1) is 5.92 Å². The highest BCUT2D eigenvalue weighted by molar-refractivity contribution is 6.44. The molecule has 1 amide bonds. The topological polar surface area (TPSA) is 41.1 Å². The van der Waals surface area contributed by atoms with E-state index >= 15 is 0 Å². The number of benzene rings is 1. The first kappa shape index (κ1) is 13.9. The second-order valence-corrected chi connectivity index (χ2v) is 5.59. The van der Waals surface area contributed by atoms with Gasteiger partial charge in [0.1, 0.15) is 0 Å². The Morgan fingerprint density at radius 2 is 1.83 bits per heavy atom. The van der Waals surface area contributed by atoms with Gasteiger partial charge in [-0.1, -0.05) is 34.8 Å². The lowest BCUT2D eigenvalue weighted by molar-refractivity contribution is -0.115. The smallest absolute Gasteiger partial charge is 0.238 e. The minimum Gasteiger partial charge on any atom is -0.324 e. The molecule has 0 aromatic heterocycles. The molecule has 1 fully saturated rings. The summed E-state index contributed by atoms with van der Waals surface area (Å²) in [5.74, 6) is 0.599. The highest BCUT2D eigenvalue weighted by Gasteiger charge is 2.20. The van der Waals surface area contributed by atoms with E-state index < -0.39 is 0 Å². The summed E-state index contributed by atoms with van der Waals surface area (Å²) in [5.41, 5.74) is 0.476. The Hall–Kier alpha value is -0.480. The molecule has 18 heavy (non-hydrogen) atoms. The van der Waals surface area contributed by atoms with Gasteiger partial charge in [0, 0.05) is 0 Å². The predicted octanol–water partition coefficient (Wildman–Crippen LogP) is 3.58. The molecule has 3 nitrogen and oxygen atoms in total. The maximum atomic E-state index is 11.7. The highest BCUT2D eigenvalue weighted by Crippen LogP contribution is 2.32. The fraction of sp³-hybridized carbons (Fsp3) is 0.417. The van der Waals surface area contributed by atoms with Gasteiger partial charge in [0.25, 0.3) is 0 Å². The Balaban J connectivity index is 1.87. The van der Waals surface area contributed by atoms with Crippen LogP contribution in [0.1, 0.15) is 12.8 Å². The van der Waals surface area contributed by atoms with E-state index in [1.54, 1.807) is 6.07 Å². The monoisotopic (exact) mass is 306 g/mol. The van der Waals surface area contributed by atoms with Gasteiger partial charge in [-0.15, -0.1) is 0 Å².